The summed E-state index contributed by atoms with van der Waals surface area (Å²) in [6.07, 6.45) is 45.1. The molecule has 0 bridgehead atoms. The summed E-state index contributed by atoms with van der Waals surface area (Å²) in [5, 5.41) is 14.2. The van der Waals surface area contributed by atoms with Crippen LogP contribution in [0, 0.1) is 5.92 Å². The van der Waals surface area contributed by atoms with Crippen molar-refractivity contribution in [3.63, 3.8) is 0 Å². The highest BCUT2D eigenvalue weighted by molar-refractivity contribution is 5.08. The minimum atomic E-state index is -0.168. The topological polar surface area (TPSA) is 35.5 Å². The van der Waals surface area contributed by atoms with Gasteiger partial charge in [0.2, 0.25) is 0 Å². The van der Waals surface area contributed by atoms with E-state index in [9.17, 15) is 5.11 Å². The largest absolute Gasteiger partial charge is 0.392 e. The van der Waals surface area contributed by atoms with Crippen molar-refractivity contribution in [1.29, 1.82) is 0 Å². The fourth-order valence-corrected chi connectivity index (χ4v) is 7.00. The first-order valence-electron chi connectivity index (χ1n) is 22.9. The molecule has 0 aromatic carbocycles. The van der Waals surface area contributed by atoms with Crippen LogP contribution >= 0.6 is 0 Å². The molecule has 0 spiro atoms. The van der Waals surface area contributed by atoms with Crippen molar-refractivity contribution in [2.75, 3.05) is 26.2 Å². The Morgan fingerprint density at radius 1 is 0.569 bits per heavy atom. The zero-order valence-corrected chi connectivity index (χ0v) is 36.3. The molecular weight excluding hydrogens is 621 g/mol. The van der Waals surface area contributed by atoms with Crippen LogP contribution in [0.5, 0.6) is 0 Å². The summed E-state index contributed by atoms with van der Waals surface area (Å²) in [6, 6.07) is 0. The smallest absolute Gasteiger partial charge is 0.0667 e. The first kappa shape index (κ1) is 52.0. The van der Waals surface area contributed by atoms with Gasteiger partial charge in [0.1, 0.15) is 0 Å². The molecule has 304 valence electrons. The zero-order valence-electron chi connectivity index (χ0n) is 36.3. The molecular formula is C48H96N2O. The van der Waals surface area contributed by atoms with E-state index < -0.39 is 0 Å². The Morgan fingerprint density at radius 3 is 1.41 bits per heavy atom. The second-order valence-corrected chi connectivity index (χ2v) is 15.9. The maximum Gasteiger partial charge on any atom is 0.0667 e. The molecule has 2 atom stereocenters. The molecule has 51 heavy (non-hydrogen) atoms. The highest BCUT2D eigenvalue weighted by Gasteiger charge is 2.12. The molecule has 3 nitrogen and oxygen atoms in total. The number of nitrogens with zero attached hydrogens (tertiary/aromatic N) is 1. The van der Waals surface area contributed by atoms with E-state index in [4.69, 9.17) is 0 Å². The predicted octanol–water partition coefficient (Wildman–Crippen LogP) is 15.3. The van der Waals surface area contributed by atoms with Crippen LogP contribution in [0.15, 0.2) is 36.1 Å². The molecule has 0 aromatic heterocycles. The predicted molar refractivity (Wildman–Crippen MR) is 234 cm³/mol. The average molecular weight is 717 g/mol. The summed E-state index contributed by atoms with van der Waals surface area (Å²) in [5.74, 6) is 0.799. The van der Waals surface area contributed by atoms with Crippen LogP contribution in [0.2, 0.25) is 0 Å². The van der Waals surface area contributed by atoms with Gasteiger partial charge in [-0.2, -0.15) is 0 Å². The van der Waals surface area contributed by atoms with Gasteiger partial charge in [-0.05, 0) is 78.0 Å². The Bertz CT molecular complexity index is 744. The van der Waals surface area contributed by atoms with Crippen LogP contribution in [0.4, 0.5) is 0 Å². The van der Waals surface area contributed by atoms with E-state index in [0.717, 1.165) is 44.9 Å². The lowest BCUT2D eigenvalue weighted by molar-refractivity contribution is 0.101. The second-order valence-electron chi connectivity index (χ2n) is 15.9. The lowest BCUT2D eigenvalue weighted by Gasteiger charge is -2.25. The Balaban J connectivity index is 0. The summed E-state index contributed by atoms with van der Waals surface area (Å²) in [7, 11) is 0. The number of unbranched alkanes of at least 4 members (excludes halogenated alkanes) is 21. The van der Waals surface area contributed by atoms with E-state index in [1.807, 2.05) is 6.92 Å². The molecule has 0 rings (SSSR count). The molecule has 2 N–H and O–H groups in total. The molecule has 0 amide bonds. The van der Waals surface area contributed by atoms with Crippen molar-refractivity contribution in [1.82, 2.24) is 10.2 Å². The Morgan fingerprint density at radius 2 is 0.961 bits per heavy atom. The minimum absolute atomic E-state index is 0.168. The summed E-state index contributed by atoms with van der Waals surface area (Å²) >= 11 is 0. The highest BCUT2D eigenvalue weighted by Crippen LogP contribution is 2.24. The van der Waals surface area contributed by atoms with Crippen LogP contribution in [0.25, 0.3) is 0 Å². The van der Waals surface area contributed by atoms with Gasteiger partial charge in [-0.15, -0.1) is 0 Å². The molecule has 0 saturated carbocycles. The van der Waals surface area contributed by atoms with E-state index in [1.54, 1.807) is 0 Å². The molecule has 0 aliphatic rings. The fraction of sp³-hybridized carbons (Fsp3) is 0.875. The van der Waals surface area contributed by atoms with Gasteiger partial charge >= 0.3 is 0 Å². The maximum absolute atomic E-state index is 10.7. The van der Waals surface area contributed by atoms with E-state index in [1.165, 1.54) is 185 Å². The van der Waals surface area contributed by atoms with Gasteiger partial charge in [-0.25, -0.2) is 0 Å². The van der Waals surface area contributed by atoms with E-state index in [-0.39, 0.29) is 6.10 Å². The molecule has 0 fully saturated rings. The van der Waals surface area contributed by atoms with Crippen molar-refractivity contribution >= 4 is 0 Å². The standard InChI is InChI=1S/C30H60N2O.C18H36/c1-5-8-11-13-14-15-16-17-18-20-24-30(33)28-32(26-21-19-12-9-6-2)27-22-25-31-29(4)23-10-7-3;1-5-7-9-11-12-14-16-18(17(3)4)15-13-10-8-6-2/h7,10,23,30-31,33H,5-6,8-9,11-22,24-28H2,1-4H3;18H,3,5-16H2,1-2,4H3/b10-7-,29-23-;. The van der Waals surface area contributed by atoms with Gasteiger partial charge in [-0.1, -0.05) is 206 Å². The molecule has 0 radical (unpaired) electrons. The number of aliphatic hydroxyl groups is 1. The van der Waals surface area contributed by atoms with Gasteiger partial charge < -0.3 is 15.3 Å². The maximum atomic E-state index is 10.7. The number of nitrogens with one attached hydrogen (secondary N) is 1. The quantitative estimate of drug-likeness (QED) is 0.0379. The molecule has 0 heterocycles. The lowest BCUT2D eigenvalue weighted by atomic mass is 9.89. The van der Waals surface area contributed by atoms with Gasteiger partial charge in [-0.3, -0.25) is 0 Å². The summed E-state index contributed by atoms with van der Waals surface area (Å²) in [4.78, 5) is 2.51. The minimum Gasteiger partial charge on any atom is -0.392 e. The van der Waals surface area contributed by atoms with Gasteiger partial charge in [0.15, 0.2) is 0 Å². The van der Waals surface area contributed by atoms with Crippen molar-refractivity contribution in [2.24, 2.45) is 5.92 Å². The third-order valence-corrected chi connectivity index (χ3v) is 10.5. The lowest BCUT2D eigenvalue weighted by Crippen LogP contribution is -2.35. The van der Waals surface area contributed by atoms with Crippen LogP contribution in [-0.2, 0) is 0 Å². The first-order chi connectivity index (χ1) is 24.9. The molecule has 0 aromatic rings. The van der Waals surface area contributed by atoms with Crippen LogP contribution in [0.3, 0.4) is 0 Å². The van der Waals surface area contributed by atoms with Crippen molar-refractivity contribution in [3.8, 4) is 0 Å². The second kappa shape index (κ2) is 43.3. The number of hydrogen-bond donors (Lipinski definition) is 2. The van der Waals surface area contributed by atoms with Crippen molar-refractivity contribution in [3.05, 3.63) is 36.1 Å². The summed E-state index contributed by atoms with van der Waals surface area (Å²) < 4.78 is 0. The summed E-state index contributed by atoms with van der Waals surface area (Å²) in [6.45, 7) is 23.8. The number of rotatable bonds is 38. The van der Waals surface area contributed by atoms with E-state index in [2.05, 4.69) is 76.6 Å². The highest BCUT2D eigenvalue weighted by atomic mass is 16.3. The SMILES string of the molecule is C/C=C\C=C(\C)NCCCN(CCCCCCC)CC(O)CCCCCCCCCCCC.C=C(C)C(CCCCCC)CCCCCCCC. The van der Waals surface area contributed by atoms with Crippen molar-refractivity contribution in [2.45, 2.75) is 241 Å². The van der Waals surface area contributed by atoms with Crippen LogP contribution in [0.1, 0.15) is 235 Å². The third kappa shape index (κ3) is 41.6. The molecule has 0 aliphatic heterocycles. The van der Waals surface area contributed by atoms with E-state index in [0.29, 0.717) is 0 Å². The fourth-order valence-electron chi connectivity index (χ4n) is 7.00. The summed E-state index contributed by atoms with van der Waals surface area (Å²) in [5.41, 5.74) is 2.64. The average Bonchev–Trinajstić information content (AvgIpc) is 3.12. The van der Waals surface area contributed by atoms with Crippen LogP contribution in [-0.4, -0.2) is 42.3 Å². The molecule has 0 aliphatic carbocycles. The Labute approximate surface area is 323 Å². The van der Waals surface area contributed by atoms with Crippen molar-refractivity contribution < 1.29 is 5.11 Å². The monoisotopic (exact) mass is 717 g/mol. The number of hydrogen-bond acceptors (Lipinski definition) is 3. The Hall–Kier alpha value is -1.06. The number of aliphatic hydroxyl groups excluding tert-OH is 1. The Kier molecular flexibility index (Phi) is 44.2. The van der Waals surface area contributed by atoms with Gasteiger partial charge in [0.05, 0.1) is 6.10 Å². The first-order valence-corrected chi connectivity index (χ1v) is 22.9. The zero-order chi connectivity index (χ0) is 38.0. The molecule has 2 unspecified atom stereocenters. The van der Waals surface area contributed by atoms with E-state index >= 15 is 0 Å². The number of allylic oxidation sites excluding steroid dienone is 5. The van der Waals surface area contributed by atoms with Crippen LogP contribution < -0.4 is 5.32 Å². The molecule has 3 heteroatoms. The normalized spacial score (nSPS) is 13.1. The molecule has 0 saturated heterocycles. The van der Waals surface area contributed by atoms with Gasteiger partial charge in [0.25, 0.3) is 0 Å². The third-order valence-electron chi connectivity index (χ3n) is 10.5. The van der Waals surface area contributed by atoms with Gasteiger partial charge in [0, 0.05) is 18.8 Å².